The summed E-state index contributed by atoms with van der Waals surface area (Å²) in [6.45, 7) is 3.83. The number of halogens is 2. The van der Waals surface area contributed by atoms with E-state index in [4.69, 9.17) is 32.7 Å². The Kier molecular flexibility index (Phi) is 5.36. The van der Waals surface area contributed by atoms with Crippen LogP contribution in [0.25, 0.3) is 0 Å². The average Bonchev–Trinajstić information content (AvgIpc) is 2.71. The number of rotatable bonds is 5. The quantitative estimate of drug-likeness (QED) is 0.752. The molecule has 25 heavy (non-hydrogen) atoms. The lowest BCUT2D eigenvalue weighted by Crippen LogP contribution is -2.33. The van der Waals surface area contributed by atoms with E-state index in [1.165, 1.54) is 26.0 Å². The van der Waals surface area contributed by atoms with E-state index in [-0.39, 0.29) is 21.4 Å². The number of benzene rings is 1. The van der Waals surface area contributed by atoms with E-state index < -0.39 is 39.0 Å². The largest absolute Gasteiger partial charge is 0.456 e. The van der Waals surface area contributed by atoms with Crippen LogP contribution in [0.1, 0.15) is 26.3 Å². The molecule has 0 aliphatic carbocycles. The van der Waals surface area contributed by atoms with E-state index >= 15 is 0 Å². The second-order valence-electron chi connectivity index (χ2n) is 5.32. The first kappa shape index (κ1) is 19.6. The second-order valence-corrected chi connectivity index (χ2v) is 8.14. The Labute approximate surface area is 154 Å². The molecule has 0 saturated carbocycles. The summed E-state index contributed by atoms with van der Waals surface area (Å²) >= 11 is 12.3. The number of hydrogen-bond donors (Lipinski definition) is 1. The minimum Gasteiger partial charge on any atom is -0.456 e. The van der Waals surface area contributed by atoms with Gasteiger partial charge >= 0.3 is 5.97 Å². The molecular formula is C15H15Cl2NO6S. The standard InChI is InChI=1S/C15H15Cl2NO6S/c1-4-25(21,22)18-14-12(23-8(2)19)13(20)15(3,24-14)11-9(16)6-5-7-10(11)17/h5-7,18H,4H2,1-3H3. The highest BCUT2D eigenvalue weighted by Crippen LogP contribution is 2.44. The number of sulfonamides is 1. The highest BCUT2D eigenvalue weighted by atomic mass is 35.5. The van der Waals surface area contributed by atoms with Crippen molar-refractivity contribution in [3.63, 3.8) is 0 Å². The molecule has 0 radical (unpaired) electrons. The molecule has 1 aromatic carbocycles. The minimum absolute atomic E-state index is 0.138. The molecule has 0 aromatic heterocycles. The number of ketones is 1. The third-order valence-corrected chi connectivity index (χ3v) is 5.35. The molecule has 2 rings (SSSR count). The van der Waals surface area contributed by atoms with Gasteiger partial charge < -0.3 is 9.47 Å². The molecule has 1 unspecified atom stereocenters. The van der Waals surface area contributed by atoms with Gasteiger partial charge in [0.25, 0.3) is 5.78 Å². The van der Waals surface area contributed by atoms with Crippen LogP contribution in [0.3, 0.4) is 0 Å². The fraction of sp³-hybridized carbons (Fsp3) is 0.333. The van der Waals surface area contributed by atoms with Crippen molar-refractivity contribution in [1.29, 1.82) is 0 Å². The molecule has 0 bridgehead atoms. The van der Waals surface area contributed by atoms with E-state index in [1.807, 2.05) is 0 Å². The maximum Gasteiger partial charge on any atom is 0.308 e. The molecule has 0 fully saturated rings. The first-order chi connectivity index (χ1) is 11.5. The summed E-state index contributed by atoms with van der Waals surface area (Å²) in [6.07, 6.45) is 0. The van der Waals surface area contributed by atoms with Crippen molar-refractivity contribution >= 4 is 45.0 Å². The SMILES string of the molecule is CCS(=O)(=O)NC1=C(OC(C)=O)C(=O)C(C)(c2c(Cl)cccc2Cl)O1. The van der Waals surface area contributed by atoms with Gasteiger partial charge in [0.2, 0.25) is 27.3 Å². The minimum atomic E-state index is -3.79. The smallest absolute Gasteiger partial charge is 0.308 e. The number of esters is 1. The lowest BCUT2D eigenvalue weighted by Gasteiger charge is -2.25. The fourth-order valence-corrected chi connectivity index (χ4v) is 3.57. The van der Waals surface area contributed by atoms with Gasteiger partial charge in [-0.05, 0) is 26.0 Å². The third kappa shape index (κ3) is 3.75. The third-order valence-electron chi connectivity index (χ3n) is 3.47. The van der Waals surface area contributed by atoms with Crippen LogP contribution in [-0.2, 0) is 34.7 Å². The Hall–Kier alpha value is -1.77. The van der Waals surface area contributed by atoms with Gasteiger partial charge in [0, 0.05) is 22.5 Å². The summed E-state index contributed by atoms with van der Waals surface area (Å²) in [6, 6.07) is 4.59. The van der Waals surface area contributed by atoms with Crippen molar-refractivity contribution in [3.8, 4) is 0 Å². The van der Waals surface area contributed by atoms with Crippen LogP contribution in [0, 0.1) is 0 Å². The van der Waals surface area contributed by atoms with Gasteiger partial charge in [-0.2, -0.15) is 0 Å². The van der Waals surface area contributed by atoms with Gasteiger partial charge in [0.1, 0.15) is 0 Å². The number of carbonyl (C=O) groups is 2. The molecule has 1 heterocycles. The maximum atomic E-state index is 12.8. The summed E-state index contributed by atoms with van der Waals surface area (Å²) in [5.74, 6) is -2.91. The number of Topliss-reactive ketones (excluding diaryl/α,β-unsaturated/α-hetero) is 1. The van der Waals surface area contributed by atoms with Gasteiger partial charge in [-0.3, -0.25) is 14.3 Å². The summed E-state index contributed by atoms with van der Waals surface area (Å²) in [4.78, 5) is 24.2. The Morgan fingerprint density at radius 3 is 2.36 bits per heavy atom. The van der Waals surface area contributed by atoms with Crippen LogP contribution in [0.4, 0.5) is 0 Å². The average molecular weight is 408 g/mol. The van der Waals surface area contributed by atoms with Gasteiger partial charge in [0.15, 0.2) is 0 Å². The van der Waals surface area contributed by atoms with E-state index in [0.717, 1.165) is 6.92 Å². The van der Waals surface area contributed by atoms with Gasteiger partial charge in [-0.25, -0.2) is 8.42 Å². The summed E-state index contributed by atoms with van der Waals surface area (Å²) in [5.41, 5.74) is -1.62. The van der Waals surface area contributed by atoms with Crippen LogP contribution in [-0.4, -0.2) is 25.9 Å². The molecule has 0 spiro atoms. The lowest BCUT2D eigenvalue weighted by molar-refractivity contribution is -0.142. The van der Waals surface area contributed by atoms with Crippen molar-refractivity contribution in [2.24, 2.45) is 0 Å². The number of carbonyl (C=O) groups excluding carboxylic acids is 2. The topological polar surface area (TPSA) is 98.8 Å². The van der Waals surface area contributed by atoms with E-state index in [1.54, 1.807) is 6.07 Å². The molecule has 10 heteroatoms. The zero-order valence-corrected chi connectivity index (χ0v) is 15.9. The van der Waals surface area contributed by atoms with Crippen molar-refractivity contribution < 1.29 is 27.5 Å². The van der Waals surface area contributed by atoms with Gasteiger partial charge in [0.05, 0.1) is 5.75 Å². The van der Waals surface area contributed by atoms with Gasteiger partial charge in [-0.15, -0.1) is 0 Å². The van der Waals surface area contributed by atoms with Crippen molar-refractivity contribution in [2.75, 3.05) is 5.75 Å². The lowest BCUT2D eigenvalue weighted by atomic mass is 9.91. The van der Waals surface area contributed by atoms with E-state index in [0.29, 0.717) is 0 Å². The molecule has 0 amide bonds. The van der Waals surface area contributed by atoms with Gasteiger partial charge in [-0.1, -0.05) is 29.3 Å². The molecule has 1 aromatic rings. The maximum absolute atomic E-state index is 12.8. The first-order valence-electron chi connectivity index (χ1n) is 7.13. The summed E-state index contributed by atoms with van der Waals surface area (Å²) in [7, 11) is -3.79. The Bertz CT molecular complexity index is 860. The molecule has 7 nitrogen and oxygen atoms in total. The molecule has 1 atom stereocenters. The van der Waals surface area contributed by atoms with Crippen molar-refractivity contribution in [3.05, 3.63) is 45.5 Å². The normalized spacial score (nSPS) is 20.4. The van der Waals surface area contributed by atoms with E-state index in [9.17, 15) is 18.0 Å². The highest BCUT2D eigenvalue weighted by Gasteiger charge is 2.52. The van der Waals surface area contributed by atoms with Crippen molar-refractivity contribution in [1.82, 2.24) is 4.72 Å². The zero-order valence-electron chi connectivity index (χ0n) is 13.6. The Balaban J connectivity index is 2.57. The number of hydrogen-bond acceptors (Lipinski definition) is 6. The second kappa shape index (κ2) is 6.86. The molecule has 1 N–H and O–H groups in total. The van der Waals surface area contributed by atoms with Crippen LogP contribution >= 0.6 is 23.2 Å². The predicted molar refractivity (Wildman–Crippen MR) is 91.3 cm³/mol. The molecule has 1 aliphatic rings. The van der Waals surface area contributed by atoms with Crippen molar-refractivity contribution in [2.45, 2.75) is 26.4 Å². The van der Waals surface area contributed by atoms with Crippen LogP contribution in [0.5, 0.6) is 0 Å². The molecule has 1 aliphatic heterocycles. The van der Waals surface area contributed by atoms with E-state index in [2.05, 4.69) is 4.72 Å². The predicted octanol–water partition coefficient (Wildman–Crippen LogP) is 2.48. The molecule has 136 valence electrons. The first-order valence-corrected chi connectivity index (χ1v) is 9.54. The Morgan fingerprint density at radius 1 is 1.32 bits per heavy atom. The summed E-state index contributed by atoms with van der Waals surface area (Å²) in [5, 5.41) is 0.287. The fourth-order valence-electron chi connectivity index (χ4n) is 2.25. The monoisotopic (exact) mass is 407 g/mol. The summed E-state index contributed by atoms with van der Waals surface area (Å²) < 4.78 is 36.2. The van der Waals surface area contributed by atoms with Crippen LogP contribution in [0.2, 0.25) is 10.0 Å². The highest BCUT2D eigenvalue weighted by molar-refractivity contribution is 7.89. The number of nitrogens with one attached hydrogen (secondary N) is 1. The van der Waals surface area contributed by atoms with Crippen LogP contribution in [0.15, 0.2) is 29.8 Å². The zero-order chi connectivity index (χ0) is 19.0. The molecular weight excluding hydrogens is 393 g/mol. The van der Waals surface area contributed by atoms with Crippen LogP contribution < -0.4 is 4.72 Å². The Morgan fingerprint density at radius 2 is 1.88 bits per heavy atom. The molecule has 0 saturated heterocycles. The number of ether oxygens (including phenoxy) is 2.